The highest BCUT2D eigenvalue weighted by Crippen LogP contribution is 2.31. The fraction of sp³-hybridized carbons (Fsp3) is 0.133. The Morgan fingerprint density at radius 2 is 1.83 bits per heavy atom. The summed E-state index contributed by atoms with van der Waals surface area (Å²) in [7, 11) is 0. The molecule has 0 fully saturated rings. The van der Waals surface area contributed by atoms with Crippen molar-refractivity contribution < 1.29 is 19.1 Å². The van der Waals surface area contributed by atoms with E-state index in [9.17, 15) is 23.9 Å². The predicted molar refractivity (Wildman–Crippen MR) is 87.1 cm³/mol. The lowest BCUT2D eigenvalue weighted by molar-refractivity contribution is 0.0641. The van der Waals surface area contributed by atoms with E-state index in [2.05, 4.69) is 12.8 Å². The minimum Gasteiger partial charge on any atom is -0.502 e. The number of aromatic nitrogens is 1. The lowest BCUT2D eigenvalue weighted by Crippen LogP contribution is -2.29. The van der Waals surface area contributed by atoms with E-state index in [0.717, 1.165) is 14.9 Å². The maximum atomic E-state index is 13.2. The SMILES string of the molecule is Cc1c2c(c(O)c(=O)n1S)C(=O)N(Cc1ccc(F)c(Cl)c1)C2=O. The third-order valence-corrected chi connectivity index (χ3v) is 4.58. The molecule has 0 bridgehead atoms. The van der Waals surface area contributed by atoms with Gasteiger partial charge in [-0.2, -0.15) is 0 Å². The van der Waals surface area contributed by atoms with Crippen molar-refractivity contribution in [2.24, 2.45) is 0 Å². The molecule has 24 heavy (non-hydrogen) atoms. The Morgan fingerprint density at radius 1 is 1.21 bits per heavy atom. The molecular formula is C15H10ClFN2O4S. The molecule has 0 radical (unpaired) electrons. The molecule has 3 rings (SSSR count). The number of carbonyl (C=O) groups is 2. The highest BCUT2D eigenvalue weighted by atomic mass is 35.5. The molecule has 1 aliphatic heterocycles. The highest BCUT2D eigenvalue weighted by Gasteiger charge is 2.41. The monoisotopic (exact) mass is 368 g/mol. The minimum atomic E-state index is -0.887. The van der Waals surface area contributed by atoms with Gasteiger partial charge in [-0.15, -0.1) is 0 Å². The van der Waals surface area contributed by atoms with Crippen LogP contribution in [0.25, 0.3) is 0 Å². The number of fused-ring (bicyclic) bond motifs is 1. The van der Waals surface area contributed by atoms with E-state index < -0.39 is 28.9 Å². The second-order valence-corrected chi connectivity index (χ2v) is 6.05. The first-order valence-electron chi connectivity index (χ1n) is 6.72. The van der Waals surface area contributed by atoms with E-state index in [1.54, 1.807) is 0 Å². The number of halogens is 2. The first-order chi connectivity index (χ1) is 11.2. The molecule has 1 aromatic carbocycles. The molecule has 0 saturated carbocycles. The summed E-state index contributed by atoms with van der Waals surface area (Å²) in [6, 6.07) is 3.80. The van der Waals surface area contributed by atoms with Crippen molar-refractivity contribution in [3.63, 3.8) is 0 Å². The number of amides is 2. The van der Waals surface area contributed by atoms with Gasteiger partial charge in [0.15, 0.2) is 5.75 Å². The van der Waals surface area contributed by atoms with E-state index in [-0.39, 0.29) is 28.4 Å². The summed E-state index contributed by atoms with van der Waals surface area (Å²) in [5.41, 5.74) is -0.744. The van der Waals surface area contributed by atoms with Gasteiger partial charge in [-0.1, -0.05) is 30.5 Å². The van der Waals surface area contributed by atoms with Crippen LogP contribution in [0.5, 0.6) is 5.75 Å². The topological polar surface area (TPSA) is 79.6 Å². The molecule has 2 heterocycles. The number of hydrogen-bond acceptors (Lipinski definition) is 5. The Balaban J connectivity index is 2.07. The zero-order valence-corrected chi connectivity index (χ0v) is 13.9. The normalized spacial score (nSPS) is 13.6. The van der Waals surface area contributed by atoms with Gasteiger partial charge in [0.1, 0.15) is 11.4 Å². The summed E-state index contributed by atoms with van der Waals surface area (Å²) >= 11 is 9.60. The molecule has 0 aliphatic carbocycles. The van der Waals surface area contributed by atoms with Crippen LogP contribution in [0.2, 0.25) is 5.02 Å². The Labute approximate surface area is 145 Å². The van der Waals surface area contributed by atoms with Gasteiger partial charge < -0.3 is 5.11 Å². The third kappa shape index (κ3) is 2.30. The summed E-state index contributed by atoms with van der Waals surface area (Å²) in [6.45, 7) is 1.27. The van der Waals surface area contributed by atoms with Crippen molar-refractivity contribution in [1.29, 1.82) is 0 Å². The summed E-state index contributed by atoms with van der Waals surface area (Å²) < 4.78 is 14.0. The van der Waals surface area contributed by atoms with E-state index in [1.807, 2.05) is 0 Å². The van der Waals surface area contributed by atoms with Gasteiger partial charge >= 0.3 is 5.56 Å². The average molecular weight is 369 g/mol. The Morgan fingerprint density at radius 3 is 2.46 bits per heavy atom. The molecule has 0 unspecified atom stereocenters. The van der Waals surface area contributed by atoms with Gasteiger partial charge in [-0.25, -0.2) is 4.39 Å². The summed E-state index contributed by atoms with van der Waals surface area (Å²) in [6.07, 6.45) is 0. The van der Waals surface area contributed by atoms with Crippen LogP contribution >= 0.6 is 24.4 Å². The lowest BCUT2D eigenvalue weighted by atomic mass is 10.1. The molecule has 124 valence electrons. The number of pyridine rings is 1. The predicted octanol–water partition coefficient (Wildman–Crippen LogP) is 2.14. The molecule has 1 N–H and O–H groups in total. The average Bonchev–Trinajstić information content (AvgIpc) is 2.79. The molecule has 2 amide bonds. The zero-order valence-electron chi connectivity index (χ0n) is 12.2. The number of carbonyl (C=O) groups excluding carboxylic acids is 2. The van der Waals surface area contributed by atoms with E-state index in [1.165, 1.54) is 19.1 Å². The van der Waals surface area contributed by atoms with Gasteiger partial charge in [-0.05, 0) is 24.6 Å². The summed E-state index contributed by atoms with van der Waals surface area (Å²) in [5, 5.41) is 9.78. The van der Waals surface area contributed by atoms with Gasteiger partial charge in [0, 0.05) is 5.69 Å². The fourth-order valence-electron chi connectivity index (χ4n) is 2.56. The largest absolute Gasteiger partial charge is 0.502 e. The number of hydrogen-bond donors (Lipinski definition) is 2. The molecular weight excluding hydrogens is 359 g/mol. The Hall–Kier alpha value is -2.32. The molecule has 6 nitrogen and oxygen atoms in total. The molecule has 0 atom stereocenters. The second-order valence-electron chi connectivity index (χ2n) is 5.25. The molecule has 1 aromatic heterocycles. The fourth-order valence-corrected chi connectivity index (χ4v) is 2.96. The number of benzene rings is 1. The Kier molecular flexibility index (Phi) is 3.89. The molecule has 1 aliphatic rings. The van der Waals surface area contributed by atoms with Crippen LogP contribution < -0.4 is 5.56 Å². The number of imide groups is 1. The Bertz CT molecular complexity index is 973. The minimum absolute atomic E-state index is 0.0830. The van der Waals surface area contributed by atoms with Crippen molar-refractivity contribution in [3.05, 3.63) is 61.8 Å². The number of rotatable bonds is 2. The van der Waals surface area contributed by atoms with Crippen molar-refractivity contribution in [2.75, 3.05) is 0 Å². The maximum absolute atomic E-state index is 13.2. The van der Waals surface area contributed by atoms with Crippen LogP contribution in [0, 0.1) is 12.7 Å². The van der Waals surface area contributed by atoms with Crippen LogP contribution in [-0.2, 0) is 6.54 Å². The first kappa shape index (κ1) is 16.5. The lowest BCUT2D eigenvalue weighted by Gasteiger charge is -2.14. The van der Waals surface area contributed by atoms with Crippen molar-refractivity contribution in [1.82, 2.24) is 8.87 Å². The quantitative estimate of drug-likeness (QED) is 0.628. The third-order valence-electron chi connectivity index (χ3n) is 3.80. The summed E-state index contributed by atoms with van der Waals surface area (Å²) in [5.74, 6) is -2.93. The molecule has 2 aromatic rings. The number of aromatic hydroxyl groups is 1. The first-order valence-corrected chi connectivity index (χ1v) is 7.49. The van der Waals surface area contributed by atoms with Crippen LogP contribution in [-0.4, -0.2) is 25.8 Å². The van der Waals surface area contributed by atoms with Gasteiger partial charge in [0.2, 0.25) is 0 Å². The van der Waals surface area contributed by atoms with Crippen LogP contribution in [0.3, 0.4) is 0 Å². The smallest absolute Gasteiger partial charge is 0.303 e. The van der Waals surface area contributed by atoms with Gasteiger partial charge in [-0.3, -0.25) is 23.3 Å². The maximum Gasteiger partial charge on any atom is 0.303 e. The molecule has 0 spiro atoms. The van der Waals surface area contributed by atoms with Gasteiger partial charge in [0.05, 0.1) is 17.1 Å². The van der Waals surface area contributed by atoms with Crippen molar-refractivity contribution in [2.45, 2.75) is 13.5 Å². The van der Waals surface area contributed by atoms with Gasteiger partial charge in [0.25, 0.3) is 11.8 Å². The number of nitrogens with zero attached hydrogens (tertiary/aromatic N) is 2. The summed E-state index contributed by atoms with van der Waals surface area (Å²) in [4.78, 5) is 37.7. The number of thiol groups is 1. The molecule has 9 heteroatoms. The zero-order chi connectivity index (χ0) is 17.8. The van der Waals surface area contributed by atoms with E-state index in [0.29, 0.717) is 5.56 Å². The van der Waals surface area contributed by atoms with E-state index >= 15 is 0 Å². The standard InChI is InChI=1S/C15H10ClFN2O4S/c1-6-10-11(12(20)15(23)19(6)24)14(22)18(13(10)21)5-7-2-3-9(17)8(16)4-7/h2-4,20,24H,5H2,1H3. The van der Waals surface area contributed by atoms with Crippen molar-refractivity contribution in [3.8, 4) is 5.75 Å². The highest BCUT2D eigenvalue weighted by molar-refractivity contribution is 7.78. The van der Waals surface area contributed by atoms with Crippen LogP contribution in [0.15, 0.2) is 23.0 Å². The van der Waals surface area contributed by atoms with Crippen LogP contribution in [0.4, 0.5) is 4.39 Å². The van der Waals surface area contributed by atoms with E-state index in [4.69, 9.17) is 11.6 Å². The van der Waals surface area contributed by atoms with Crippen LogP contribution in [0.1, 0.15) is 32.0 Å². The van der Waals surface area contributed by atoms with Crippen molar-refractivity contribution >= 4 is 36.2 Å². The second kappa shape index (κ2) is 5.64. The molecule has 0 saturated heterocycles.